The molecule has 1 aliphatic carbocycles. The molecule has 2 aliphatic rings. The maximum absolute atomic E-state index is 14.2. The first kappa shape index (κ1) is 29.0. The van der Waals surface area contributed by atoms with E-state index in [0.717, 1.165) is 48.8 Å². The minimum absolute atomic E-state index is 0.00742. The van der Waals surface area contributed by atoms with Gasteiger partial charge in [0.25, 0.3) is 5.91 Å². The molecule has 0 spiro atoms. The van der Waals surface area contributed by atoms with E-state index < -0.39 is 6.10 Å². The zero-order chi connectivity index (χ0) is 29.1. The van der Waals surface area contributed by atoms with Crippen LogP contribution in [0, 0.1) is 11.8 Å². The van der Waals surface area contributed by atoms with Crippen LogP contribution in [0.5, 0.6) is 5.75 Å². The number of ether oxygens (including phenoxy) is 1. The van der Waals surface area contributed by atoms with Gasteiger partial charge in [-0.25, -0.2) is 0 Å². The second kappa shape index (κ2) is 12.2. The third kappa shape index (κ3) is 6.09. The Kier molecular flexibility index (Phi) is 8.62. The van der Waals surface area contributed by atoms with Crippen LogP contribution in [-0.4, -0.2) is 65.1 Å². The summed E-state index contributed by atoms with van der Waals surface area (Å²) < 4.78 is 5.48. The van der Waals surface area contributed by atoms with Crippen LogP contribution in [0.2, 0.25) is 0 Å². The average molecular weight is 555 g/mol. The quantitative estimate of drug-likeness (QED) is 0.216. The number of aliphatic hydroxyl groups is 1. The maximum atomic E-state index is 14.2. The van der Waals surface area contributed by atoms with Crippen molar-refractivity contribution in [1.82, 2.24) is 9.80 Å². The van der Waals surface area contributed by atoms with Gasteiger partial charge in [-0.1, -0.05) is 62.4 Å². The number of esters is 1. The van der Waals surface area contributed by atoms with E-state index in [0.29, 0.717) is 24.3 Å². The fraction of sp³-hybridized carbons (Fsp3) is 0.429. The third-order valence-electron chi connectivity index (χ3n) is 8.93. The zero-order valence-electron chi connectivity index (χ0n) is 24.5. The van der Waals surface area contributed by atoms with Gasteiger partial charge in [0.1, 0.15) is 5.75 Å². The molecule has 41 heavy (non-hydrogen) atoms. The molecule has 1 aliphatic heterocycles. The number of piperidine rings is 1. The fourth-order valence-corrected chi connectivity index (χ4v) is 7.15. The van der Waals surface area contributed by atoms with E-state index in [9.17, 15) is 14.7 Å². The number of benzene rings is 3. The molecule has 1 unspecified atom stereocenters. The summed E-state index contributed by atoms with van der Waals surface area (Å²) in [6.45, 7) is 12.6. The van der Waals surface area contributed by atoms with Crippen molar-refractivity contribution in [2.45, 2.75) is 57.6 Å². The number of amides is 1. The zero-order valence-corrected chi connectivity index (χ0v) is 24.5. The first-order chi connectivity index (χ1) is 19.7. The first-order valence-electron chi connectivity index (χ1n) is 14.8. The smallest absolute Gasteiger partial charge is 0.308 e. The lowest BCUT2D eigenvalue weighted by Gasteiger charge is -2.56. The van der Waals surface area contributed by atoms with E-state index >= 15 is 0 Å². The summed E-state index contributed by atoms with van der Waals surface area (Å²) in [6, 6.07) is 21.7. The molecule has 2 fully saturated rings. The van der Waals surface area contributed by atoms with Crippen LogP contribution < -0.4 is 4.74 Å². The van der Waals surface area contributed by atoms with E-state index in [1.54, 1.807) is 6.07 Å². The molecule has 1 saturated heterocycles. The number of hydrogen-bond acceptors (Lipinski definition) is 5. The number of likely N-dealkylation sites (tertiary alicyclic amines) is 1. The second-order valence-electron chi connectivity index (χ2n) is 12.3. The topological polar surface area (TPSA) is 70.1 Å². The lowest BCUT2D eigenvalue weighted by Crippen LogP contribution is -2.61. The SMILES string of the molecule is C=CCN1CC[C@@]2(c3cccc(OC(C)=O)c3)C[C@@H](N(CC(C)C)C(=O)c3ccc4ccccc4c3)CC(O)[C@@H]2C1. The van der Waals surface area contributed by atoms with Gasteiger partial charge in [0.15, 0.2) is 0 Å². The van der Waals surface area contributed by atoms with E-state index in [4.69, 9.17) is 4.74 Å². The summed E-state index contributed by atoms with van der Waals surface area (Å²) in [6.07, 6.45) is 3.44. The van der Waals surface area contributed by atoms with E-state index in [-0.39, 0.29) is 35.2 Å². The van der Waals surface area contributed by atoms with Gasteiger partial charge in [-0.05, 0) is 72.3 Å². The van der Waals surface area contributed by atoms with Crippen molar-refractivity contribution in [1.29, 1.82) is 0 Å². The van der Waals surface area contributed by atoms with Gasteiger partial charge in [-0.3, -0.25) is 14.5 Å². The van der Waals surface area contributed by atoms with Crippen LogP contribution in [0.4, 0.5) is 0 Å². The van der Waals surface area contributed by atoms with Crippen LogP contribution >= 0.6 is 0 Å². The number of nitrogens with zero attached hydrogens (tertiary/aromatic N) is 2. The average Bonchev–Trinajstić information content (AvgIpc) is 2.95. The highest BCUT2D eigenvalue weighted by atomic mass is 16.5. The molecule has 1 saturated carbocycles. The van der Waals surface area contributed by atoms with Crippen molar-refractivity contribution in [2.24, 2.45) is 11.8 Å². The summed E-state index contributed by atoms with van der Waals surface area (Å²) in [5.74, 6) is 0.416. The molecular weight excluding hydrogens is 512 g/mol. The van der Waals surface area contributed by atoms with Gasteiger partial charge < -0.3 is 14.7 Å². The molecule has 3 aromatic rings. The summed E-state index contributed by atoms with van der Waals surface area (Å²) in [5.41, 5.74) is 1.37. The lowest BCUT2D eigenvalue weighted by molar-refractivity contribution is -0.131. The molecule has 0 radical (unpaired) electrons. The van der Waals surface area contributed by atoms with E-state index in [1.807, 2.05) is 59.5 Å². The molecule has 0 bridgehead atoms. The van der Waals surface area contributed by atoms with Gasteiger partial charge >= 0.3 is 5.97 Å². The van der Waals surface area contributed by atoms with Crippen molar-refractivity contribution in [2.75, 3.05) is 26.2 Å². The van der Waals surface area contributed by atoms with Crippen molar-refractivity contribution < 1.29 is 19.4 Å². The van der Waals surface area contributed by atoms with Crippen LogP contribution in [0.25, 0.3) is 10.8 Å². The predicted octanol–water partition coefficient (Wildman–Crippen LogP) is 5.83. The van der Waals surface area contributed by atoms with Crippen molar-refractivity contribution >= 4 is 22.6 Å². The minimum Gasteiger partial charge on any atom is -0.427 e. The molecule has 6 heteroatoms. The monoisotopic (exact) mass is 554 g/mol. The van der Waals surface area contributed by atoms with Gasteiger partial charge in [-0.2, -0.15) is 0 Å². The van der Waals surface area contributed by atoms with Crippen molar-refractivity contribution in [3.8, 4) is 5.75 Å². The number of aliphatic hydroxyl groups excluding tert-OH is 1. The Bertz CT molecular complexity index is 1420. The molecule has 3 aromatic carbocycles. The molecule has 1 heterocycles. The van der Waals surface area contributed by atoms with Crippen LogP contribution in [-0.2, 0) is 10.2 Å². The molecule has 4 atom stereocenters. The Labute approximate surface area is 243 Å². The second-order valence-corrected chi connectivity index (χ2v) is 12.3. The van der Waals surface area contributed by atoms with Gasteiger partial charge in [0.2, 0.25) is 0 Å². The standard InChI is InChI=1S/C35H42N2O4/c1-5-16-36-17-15-35(29-11-8-12-31(19-29)41-25(4)38)21-30(20-33(39)32(35)23-36)37(22-24(2)3)34(40)28-14-13-26-9-6-7-10-27(26)18-28/h5-14,18-19,24,30,32-33,39H,1,15-17,20-23H2,2-4H3/t30-,32-,33?,35-/m0/s1. The molecule has 216 valence electrons. The Hall–Kier alpha value is -3.48. The minimum atomic E-state index is -0.585. The maximum Gasteiger partial charge on any atom is 0.308 e. The normalized spacial score (nSPS) is 24.6. The third-order valence-corrected chi connectivity index (χ3v) is 8.93. The van der Waals surface area contributed by atoms with Crippen LogP contribution in [0.15, 0.2) is 79.4 Å². The van der Waals surface area contributed by atoms with Crippen molar-refractivity contribution in [3.63, 3.8) is 0 Å². The Morgan fingerprint density at radius 2 is 1.90 bits per heavy atom. The number of hydrogen-bond donors (Lipinski definition) is 1. The number of carbonyl (C=O) groups excluding carboxylic acids is 2. The van der Waals surface area contributed by atoms with Gasteiger partial charge in [0, 0.05) is 49.5 Å². The molecule has 0 aromatic heterocycles. The Morgan fingerprint density at radius 3 is 2.63 bits per heavy atom. The summed E-state index contributed by atoms with van der Waals surface area (Å²) in [4.78, 5) is 30.3. The molecule has 1 amide bonds. The summed E-state index contributed by atoms with van der Waals surface area (Å²) >= 11 is 0. The molecule has 6 nitrogen and oxygen atoms in total. The highest BCUT2D eigenvalue weighted by Gasteiger charge is 2.53. The molecule has 1 N–H and O–H groups in total. The number of carbonyl (C=O) groups is 2. The van der Waals surface area contributed by atoms with Gasteiger partial charge in [0.05, 0.1) is 6.10 Å². The fourth-order valence-electron chi connectivity index (χ4n) is 7.15. The van der Waals surface area contributed by atoms with Crippen molar-refractivity contribution in [3.05, 3.63) is 90.5 Å². The first-order valence-corrected chi connectivity index (χ1v) is 14.8. The highest BCUT2D eigenvalue weighted by molar-refractivity contribution is 5.98. The molecule has 5 rings (SSSR count). The number of rotatable bonds is 8. The lowest BCUT2D eigenvalue weighted by atomic mass is 9.56. The van der Waals surface area contributed by atoms with Gasteiger partial charge in [-0.15, -0.1) is 6.58 Å². The Balaban J connectivity index is 1.54. The summed E-state index contributed by atoms with van der Waals surface area (Å²) in [7, 11) is 0. The summed E-state index contributed by atoms with van der Waals surface area (Å²) in [5, 5.41) is 13.9. The highest BCUT2D eigenvalue weighted by Crippen LogP contribution is 2.51. The molecular formula is C35H42N2O4. The van der Waals surface area contributed by atoms with E-state index in [2.05, 4.69) is 37.5 Å². The van der Waals surface area contributed by atoms with Crippen LogP contribution in [0.3, 0.4) is 0 Å². The largest absolute Gasteiger partial charge is 0.427 e. The van der Waals surface area contributed by atoms with Crippen LogP contribution in [0.1, 0.15) is 56.0 Å². The predicted molar refractivity (Wildman–Crippen MR) is 163 cm³/mol. The number of fused-ring (bicyclic) bond motifs is 2. The Morgan fingerprint density at radius 1 is 1.12 bits per heavy atom. The van der Waals surface area contributed by atoms with E-state index in [1.165, 1.54) is 6.92 Å².